The van der Waals surface area contributed by atoms with Crippen molar-refractivity contribution in [2.75, 3.05) is 37.2 Å². The molecule has 0 spiro atoms. The zero-order chi connectivity index (χ0) is 19.6. The Balaban J connectivity index is 1.53. The van der Waals surface area contributed by atoms with Gasteiger partial charge in [-0.1, -0.05) is 18.2 Å². The van der Waals surface area contributed by atoms with Gasteiger partial charge in [-0.25, -0.2) is 9.67 Å². The summed E-state index contributed by atoms with van der Waals surface area (Å²) in [5.41, 5.74) is 9.87. The van der Waals surface area contributed by atoms with Gasteiger partial charge in [0.15, 0.2) is 5.65 Å². The van der Waals surface area contributed by atoms with E-state index in [4.69, 9.17) is 15.8 Å². The van der Waals surface area contributed by atoms with Crippen LogP contribution in [0, 0.1) is 0 Å². The molecular formula is C21H23N7S. The molecule has 0 atom stereocenters. The van der Waals surface area contributed by atoms with Crippen molar-refractivity contribution in [1.82, 2.24) is 24.6 Å². The average molecular weight is 406 g/mol. The quantitative estimate of drug-likeness (QED) is 0.509. The van der Waals surface area contributed by atoms with Gasteiger partial charge in [0, 0.05) is 24.0 Å². The number of likely N-dealkylation sites (tertiary alicyclic amines) is 1. The van der Waals surface area contributed by atoms with Gasteiger partial charge in [-0.3, -0.25) is 0 Å². The van der Waals surface area contributed by atoms with Gasteiger partial charge in [-0.15, -0.1) is 5.10 Å². The smallest absolute Gasteiger partial charge is 0.225 e. The lowest BCUT2D eigenvalue weighted by atomic mass is 10.1. The molecule has 1 aromatic carbocycles. The second-order valence-corrected chi connectivity index (χ2v) is 7.99. The molecule has 1 saturated heterocycles. The van der Waals surface area contributed by atoms with E-state index in [1.54, 1.807) is 16.0 Å². The van der Waals surface area contributed by atoms with Crippen LogP contribution in [0.4, 0.5) is 11.8 Å². The summed E-state index contributed by atoms with van der Waals surface area (Å²) in [5.74, 6) is 1.15. The summed E-state index contributed by atoms with van der Waals surface area (Å²) in [7, 11) is 0. The van der Waals surface area contributed by atoms with Gasteiger partial charge in [0.05, 0.1) is 16.8 Å². The highest BCUT2D eigenvalue weighted by Crippen LogP contribution is 2.33. The van der Waals surface area contributed by atoms with Crippen molar-refractivity contribution in [2.45, 2.75) is 12.8 Å². The molecule has 148 valence electrons. The van der Waals surface area contributed by atoms with E-state index in [0.717, 1.165) is 35.4 Å². The molecule has 1 aliphatic rings. The van der Waals surface area contributed by atoms with Crippen LogP contribution >= 0.6 is 11.3 Å². The van der Waals surface area contributed by atoms with Crippen LogP contribution in [-0.2, 0) is 0 Å². The molecule has 4 heterocycles. The molecule has 0 aliphatic carbocycles. The molecule has 1 fully saturated rings. The predicted octanol–water partition coefficient (Wildman–Crippen LogP) is 3.63. The van der Waals surface area contributed by atoms with E-state index in [1.807, 2.05) is 35.7 Å². The highest BCUT2D eigenvalue weighted by Gasteiger charge is 2.19. The van der Waals surface area contributed by atoms with Crippen LogP contribution in [0.3, 0.4) is 0 Å². The summed E-state index contributed by atoms with van der Waals surface area (Å²) in [5, 5.41) is 13.0. The van der Waals surface area contributed by atoms with Crippen molar-refractivity contribution >= 4 is 34.1 Å². The number of para-hydroxylation sites is 1. The topological polar surface area (TPSA) is 84.9 Å². The lowest BCUT2D eigenvalue weighted by Crippen LogP contribution is -2.26. The SMILES string of the molecule is Nc1c2c(-c3ccsc3)nc(NCCN3CCCC3)nc2nn1-c1ccccc1. The van der Waals surface area contributed by atoms with Gasteiger partial charge in [0.25, 0.3) is 0 Å². The molecule has 3 N–H and O–H groups in total. The van der Waals surface area contributed by atoms with Crippen LogP contribution in [0.2, 0.25) is 0 Å². The number of aromatic nitrogens is 4. The van der Waals surface area contributed by atoms with Gasteiger partial charge >= 0.3 is 0 Å². The maximum Gasteiger partial charge on any atom is 0.225 e. The largest absolute Gasteiger partial charge is 0.383 e. The Kier molecular flexibility index (Phi) is 4.87. The minimum atomic E-state index is 0.552. The van der Waals surface area contributed by atoms with Crippen LogP contribution < -0.4 is 11.1 Å². The molecule has 5 rings (SSSR count). The molecule has 29 heavy (non-hydrogen) atoms. The van der Waals surface area contributed by atoms with Gasteiger partial charge in [0.2, 0.25) is 5.95 Å². The third-order valence-electron chi connectivity index (χ3n) is 5.27. The van der Waals surface area contributed by atoms with E-state index in [-0.39, 0.29) is 0 Å². The van der Waals surface area contributed by atoms with E-state index >= 15 is 0 Å². The van der Waals surface area contributed by atoms with Crippen molar-refractivity contribution in [2.24, 2.45) is 0 Å². The number of benzene rings is 1. The lowest BCUT2D eigenvalue weighted by molar-refractivity contribution is 0.352. The van der Waals surface area contributed by atoms with Gasteiger partial charge in [0.1, 0.15) is 5.82 Å². The molecule has 4 aromatic rings. The third-order valence-corrected chi connectivity index (χ3v) is 5.96. The number of hydrogen-bond donors (Lipinski definition) is 2. The van der Waals surface area contributed by atoms with E-state index < -0.39 is 0 Å². The number of rotatable bonds is 6. The molecule has 0 bridgehead atoms. The Morgan fingerprint density at radius 3 is 2.66 bits per heavy atom. The highest BCUT2D eigenvalue weighted by atomic mass is 32.1. The van der Waals surface area contributed by atoms with E-state index in [2.05, 4.69) is 26.6 Å². The predicted molar refractivity (Wildman–Crippen MR) is 119 cm³/mol. The van der Waals surface area contributed by atoms with Crippen molar-refractivity contribution in [3.05, 3.63) is 47.2 Å². The molecule has 3 aromatic heterocycles. The number of nitrogens with one attached hydrogen (secondary N) is 1. The fourth-order valence-corrected chi connectivity index (χ4v) is 4.44. The molecule has 0 saturated carbocycles. The monoisotopic (exact) mass is 405 g/mol. The number of nitrogen functional groups attached to an aromatic ring is 1. The van der Waals surface area contributed by atoms with E-state index in [1.165, 1.54) is 25.9 Å². The normalized spacial score (nSPS) is 14.6. The average Bonchev–Trinajstić information content (AvgIpc) is 3.50. The minimum absolute atomic E-state index is 0.552. The Labute approximate surface area is 173 Å². The van der Waals surface area contributed by atoms with Crippen LogP contribution in [-0.4, -0.2) is 50.8 Å². The highest BCUT2D eigenvalue weighted by molar-refractivity contribution is 7.08. The summed E-state index contributed by atoms with van der Waals surface area (Å²) in [6, 6.07) is 11.9. The number of nitrogens with two attached hydrogens (primary N) is 1. The number of anilines is 2. The fraction of sp³-hybridized carbons (Fsp3) is 0.286. The Morgan fingerprint density at radius 1 is 1.07 bits per heavy atom. The van der Waals surface area contributed by atoms with Gasteiger partial charge < -0.3 is 16.0 Å². The molecule has 8 heteroatoms. The summed E-state index contributed by atoms with van der Waals surface area (Å²) < 4.78 is 1.74. The first-order valence-corrected chi connectivity index (χ1v) is 10.8. The van der Waals surface area contributed by atoms with Crippen LogP contribution in [0.5, 0.6) is 0 Å². The summed E-state index contributed by atoms with van der Waals surface area (Å²) in [4.78, 5) is 11.9. The van der Waals surface area contributed by atoms with Crippen molar-refractivity contribution in [1.29, 1.82) is 0 Å². The molecular weight excluding hydrogens is 382 g/mol. The maximum atomic E-state index is 6.51. The first-order chi connectivity index (χ1) is 14.3. The first-order valence-electron chi connectivity index (χ1n) is 9.90. The maximum absolute atomic E-state index is 6.51. The van der Waals surface area contributed by atoms with Crippen LogP contribution in [0.25, 0.3) is 28.0 Å². The number of nitrogens with zero attached hydrogens (tertiary/aromatic N) is 5. The summed E-state index contributed by atoms with van der Waals surface area (Å²) >= 11 is 1.64. The van der Waals surface area contributed by atoms with Crippen LogP contribution in [0.15, 0.2) is 47.2 Å². The molecule has 7 nitrogen and oxygen atoms in total. The Bertz CT molecular complexity index is 1100. The minimum Gasteiger partial charge on any atom is -0.383 e. The van der Waals surface area contributed by atoms with Crippen molar-refractivity contribution < 1.29 is 0 Å². The summed E-state index contributed by atoms with van der Waals surface area (Å²) in [6.45, 7) is 4.17. The number of fused-ring (bicyclic) bond motifs is 1. The Hall–Kier alpha value is -2.97. The van der Waals surface area contributed by atoms with Crippen molar-refractivity contribution in [3.8, 4) is 16.9 Å². The van der Waals surface area contributed by atoms with E-state index in [9.17, 15) is 0 Å². The molecule has 1 aliphatic heterocycles. The first kappa shape index (κ1) is 18.1. The van der Waals surface area contributed by atoms with Gasteiger partial charge in [-0.2, -0.15) is 16.3 Å². The lowest BCUT2D eigenvalue weighted by Gasteiger charge is -2.14. The Morgan fingerprint density at radius 2 is 1.90 bits per heavy atom. The molecule has 0 amide bonds. The zero-order valence-electron chi connectivity index (χ0n) is 16.1. The number of hydrogen-bond acceptors (Lipinski definition) is 7. The van der Waals surface area contributed by atoms with Crippen LogP contribution in [0.1, 0.15) is 12.8 Å². The number of thiophene rings is 1. The zero-order valence-corrected chi connectivity index (χ0v) is 16.9. The van der Waals surface area contributed by atoms with Crippen molar-refractivity contribution in [3.63, 3.8) is 0 Å². The molecule has 0 unspecified atom stereocenters. The fourth-order valence-electron chi connectivity index (χ4n) is 3.80. The van der Waals surface area contributed by atoms with Gasteiger partial charge in [-0.05, 0) is 49.5 Å². The third kappa shape index (κ3) is 3.56. The second-order valence-electron chi connectivity index (χ2n) is 7.21. The summed E-state index contributed by atoms with van der Waals surface area (Å²) in [6.07, 6.45) is 2.59. The second kappa shape index (κ2) is 7.81. The van der Waals surface area contributed by atoms with E-state index in [0.29, 0.717) is 17.4 Å². The standard InChI is InChI=1S/C21H23N7S/c22-19-17-18(15-8-13-29-14-15)24-21(23-9-12-27-10-4-5-11-27)25-20(17)26-28(19)16-6-2-1-3-7-16/h1-3,6-8,13-14H,4-5,9-12,22H2,(H,23,25,26). The molecule has 0 radical (unpaired) electrons.